The standard InChI is InChI=1S/C11H22ClNO3S/c1-2-16-9-10-17(14,15)13(8-4-7-12)11-5-3-6-11/h11H,2-10H2,1H3. The maximum Gasteiger partial charge on any atom is 0.216 e. The highest BCUT2D eigenvalue weighted by Crippen LogP contribution is 2.27. The molecular formula is C11H22ClNO3S. The molecule has 0 heterocycles. The molecule has 1 aliphatic rings. The van der Waals surface area contributed by atoms with E-state index in [9.17, 15) is 8.42 Å². The van der Waals surface area contributed by atoms with Gasteiger partial charge in [0.25, 0.3) is 0 Å². The second kappa shape index (κ2) is 7.56. The highest BCUT2D eigenvalue weighted by molar-refractivity contribution is 7.89. The van der Waals surface area contributed by atoms with Crippen molar-refractivity contribution in [2.75, 3.05) is 31.4 Å². The van der Waals surface area contributed by atoms with Gasteiger partial charge in [0.05, 0.1) is 12.4 Å². The lowest BCUT2D eigenvalue weighted by Crippen LogP contribution is -2.46. The number of halogens is 1. The van der Waals surface area contributed by atoms with E-state index in [-0.39, 0.29) is 18.4 Å². The summed E-state index contributed by atoms with van der Waals surface area (Å²) in [5, 5.41) is 0. The van der Waals surface area contributed by atoms with Crippen molar-refractivity contribution in [3.05, 3.63) is 0 Å². The van der Waals surface area contributed by atoms with Crippen LogP contribution in [0.15, 0.2) is 0 Å². The fourth-order valence-corrected chi connectivity index (χ4v) is 3.62. The number of hydrogen-bond donors (Lipinski definition) is 0. The predicted octanol–water partition coefficient (Wildman–Crippen LogP) is 1.84. The molecule has 0 aromatic carbocycles. The molecule has 0 amide bonds. The van der Waals surface area contributed by atoms with E-state index in [2.05, 4.69) is 0 Å². The van der Waals surface area contributed by atoms with Gasteiger partial charge in [0, 0.05) is 25.1 Å². The molecule has 1 aliphatic carbocycles. The summed E-state index contributed by atoms with van der Waals surface area (Å²) in [7, 11) is -3.18. The fraction of sp³-hybridized carbons (Fsp3) is 1.00. The Morgan fingerprint density at radius 1 is 1.41 bits per heavy atom. The van der Waals surface area contributed by atoms with Gasteiger partial charge in [-0.2, -0.15) is 4.31 Å². The minimum Gasteiger partial charge on any atom is -0.381 e. The van der Waals surface area contributed by atoms with Gasteiger partial charge in [0.2, 0.25) is 10.0 Å². The quantitative estimate of drug-likeness (QED) is 0.479. The van der Waals surface area contributed by atoms with Gasteiger partial charge < -0.3 is 4.74 Å². The molecule has 0 aliphatic heterocycles. The molecule has 1 saturated carbocycles. The average Bonchev–Trinajstić information content (AvgIpc) is 2.21. The molecule has 0 N–H and O–H groups in total. The Morgan fingerprint density at radius 2 is 2.12 bits per heavy atom. The Morgan fingerprint density at radius 3 is 2.59 bits per heavy atom. The number of nitrogens with zero attached hydrogens (tertiary/aromatic N) is 1. The highest BCUT2D eigenvalue weighted by Gasteiger charge is 2.32. The van der Waals surface area contributed by atoms with E-state index >= 15 is 0 Å². The van der Waals surface area contributed by atoms with E-state index in [0.29, 0.717) is 25.5 Å². The molecule has 6 heteroatoms. The molecule has 4 nitrogen and oxygen atoms in total. The van der Waals surface area contributed by atoms with Gasteiger partial charge in [0.1, 0.15) is 0 Å². The molecule has 1 fully saturated rings. The molecule has 0 saturated heterocycles. The molecule has 1 rings (SSSR count). The van der Waals surface area contributed by atoms with Crippen LogP contribution in [-0.2, 0) is 14.8 Å². The van der Waals surface area contributed by atoms with E-state index in [1.807, 2.05) is 6.92 Å². The molecule has 0 unspecified atom stereocenters. The lowest BCUT2D eigenvalue weighted by Gasteiger charge is -2.36. The maximum absolute atomic E-state index is 12.1. The van der Waals surface area contributed by atoms with Crippen LogP contribution in [0.5, 0.6) is 0 Å². The Labute approximate surface area is 109 Å². The zero-order chi connectivity index (χ0) is 12.7. The summed E-state index contributed by atoms with van der Waals surface area (Å²) < 4.78 is 31.1. The summed E-state index contributed by atoms with van der Waals surface area (Å²) in [5.74, 6) is 0.587. The lowest BCUT2D eigenvalue weighted by atomic mass is 9.93. The van der Waals surface area contributed by atoms with Gasteiger partial charge in [-0.05, 0) is 26.2 Å². The Hall–Kier alpha value is 0.160. The van der Waals surface area contributed by atoms with E-state index in [0.717, 1.165) is 19.3 Å². The van der Waals surface area contributed by atoms with Crippen molar-refractivity contribution in [3.63, 3.8) is 0 Å². The van der Waals surface area contributed by atoms with Crippen LogP contribution in [0.2, 0.25) is 0 Å². The Bertz CT molecular complexity index is 304. The summed E-state index contributed by atoms with van der Waals surface area (Å²) in [6.45, 7) is 3.25. The summed E-state index contributed by atoms with van der Waals surface area (Å²) in [6.07, 6.45) is 3.81. The van der Waals surface area contributed by atoms with E-state index in [1.165, 1.54) is 0 Å². The van der Waals surface area contributed by atoms with E-state index in [4.69, 9.17) is 16.3 Å². The molecule has 0 radical (unpaired) electrons. The summed E-state index contributed by atoms with van der Waals surface area (Å²) in [5.41, 5.74) is 0. The van der Waals surface area contributed by atoms with Crippen LogP contribution in [0, 0.1) is 0 Å². The van der Waals surface area contributed by atoms with E-state index in [1.54, 1.807) is 4.31 Å². The van der Waals surface area contributed by atoms with Crippen LogP contribution in [0.4, 0.5) is 0 Å². The number of sulfonamides is 1. The lowest BCUT2D eigenvalue weighted by molar-refractivity contribution is 0.160. The maximum atomic E-state index is 12.1. The number of hydrogen-bond acceptors (Lipinski definition) is 3. The van der Waals surface area contributed by atoms with Crippen molar-refractivity contribution in [2.45, 2.75) is 38.6 Å². The summed E-state index contributed by atoms with van der Waals surface area (Å²) in [6, 6.07) is 0.199. The largest absolute Gasteiger partial charge is 0.381 e. The topological polar surface area (TPSA) is 46.6 Å². The third-order valence-electron chi connectivity index (χ3n) is 3.04. The summed E-state index contributed by atoms with van der Waals surface area (Å²) in [4.78, 5) is 0. The Kier molecular flexibility index (Phi) is 6.77. The van der Waals surface area contributed by atoms with Crippen molar-refractivity contribution in [1.29, 1.82) is 0 Å². The van der Waals surface area contributed by atoms with Gasteiger partial charge in [0.15, 0.2) is 0 Å². The molecule has 0 aromatic rings. The first-order chi connectivity index (χ1) is 8.11. The summed E-state index contributed by atoms with van der Waals surface area (Å²) >= 11 is 5.64. The van der Waals surface area contributed by atoms with Crippen molar-refractivity contribution in [2.24, 2.45) is 0 Å². The molecule has 0 atom stereocenters. The smallest absolute Gasteiger partial charge is 0.216 e. The SMILES string of the molecule is CCOCCS(=O)(=O)N(CCCCl)C1CCC1. The first-order valence-corrected chi connectivity index (χ1v) is 8.39. The minimum absolute atomic E-state index is 0.0830. The molecular weight excluding hydrogens is 262 g/mol. The molecule has 102 valence electrons. The molecule has 0 spiro atoms. The van der Waals surface area contributed by atoms with Crippen LogP contribution in [0.3, 0.4) is 0 Å². The highest BCUT2D eigenvalue weighted by atomic mass is 35.5. The van der Waals surface area contributed by atoms with Gasteiger partial charge in [-0.3, -0.25) is 0 Å². The van der Waals surface area contributed by atoms with Gasteiger partial charge in [-0.15, -0.1) is 11.6 Å². The van der Waals surface area contributed by atoms with Crippen LogP contribution in [-0.4, -0.2) is 50.2 Å². The van der Waals surface area contributed by atoms with E-state index < -0.39 is 10.0 Å². The zero-order valence-corrected chi connectivity index (χ0v) is 12.0. The van der Waals surface area contributed by atoms with Crippen molar-refractivity contribution in [3.8, 4) is 0 Å². The number of ether oxygens (including phenoxy) is 1. The Balaban J connectivity index is 2.53. The van der Waals surface area contributed by atoms with Gasteiger partial charge >= 0.3 is 0 Å². The first kappa shape index (κ1) is 15.2. The van der Waals surface area contributed by atoms with Crippen LogP contribution in [0.25, 0.3) is 0 Å². The number of rotatable bonds is 9. The second-order valence-electron chi connectivity index (χ2n) is 4.25. The number of alkyl halides is 1. The first-order valence-electron chi connectivity index (χ1n) is 6.25. The zero-order valence-electron chi connectivity index (χ0n) is 10.4. The molecule has 0 aromatic heterocycles. The van der Waals surface area contributed by atoms with Crippen molar-refractivity contribution >= 4 is 21.6 Å². The van der Waals surface area contributed by atoms with Crippen LogP contribution < -0.4 is 0 Å². The van der Waals surface area contributed by atoms with Gasteiger partial charge in [-0.25, -0.2) is 8.42 Å². The predicted molar refractivity (Wildman–Crippen MR) is 70.0 cm³/mol. The third kappa shape index (κ3) is 4.73. The third-order valence-corrected chi connectivity index (χ3v) is 5.19. The normalized spacial score (nSPS) is 17.4. The van der Waals surface area contributed by atoms with Crippen LogP contribution >= 0.6 is 11.6 Å². The van der Waals surface area contributed by atoms with Crippen LogP contribution in [0.1, 0.15) is 32.6 Å². The monoisotopic (exact) mass is 283 g/mol. The molecule has 0 bridgehead atoms. The minimum atomic E-state index is -3.18. The molecule has 17 heavy (non-hydrogen) atoms. The van der Waals surface area contributed by atoms with Crippen molar-refractivity contribution < 1.29 is 13.2 Å². The average molecular weight is 284 g/mol. The second-order valence-corrected chi connectivity index (χ2v) is 6.67. The van der Waals surface area contributed by atoms with Crippen molar-refractivity contribution in [1.82, 2.24) is 4.31 Å². The van der Waals surface area contributed by atoms with Gasteiger partial charge in [-0.1, -0.05) is 6.42 Å². The fourth-order valence-electron chi connectivity index (χ4n) is 1.86.